The molecule has 2 rings (SSSR count). The van der Waals surface area contributed by atoms with Crippen LogP contribution in [0.25, 0.3) is 0 Å². The largest absolute Gasteiger partial charge is 0.359 e. The average molecular weight is 298 g/mol. The van der Waals surface area contributed by atoms with Crippen molar-refractivity contribution in [2.24, 2.45) is 5.92 Å². The van der Waals surface area contributed by atoms with E-state index in [1.54, 1.807) is 13.2 Å². The Balaban J connectivity index is 2.06. The second-order valence-corrected chi connectivity index (χ2v) is 5.18. The molecule has 0 spiro atoms. The molecule has 110 valence electrons. The standard InChI is InChI=1S/C13H20ClN5O/c1-3-16-13-17-8-10(14)11(18-13)19-6-4-9(5-7-19)12(20)15-2/h8-9H,3-7H2,1-2H3,(H,15,20)(H,16,17,18). The normalized spacial score (nSPS) is 16.1. The van der Waals surface area contributed by atoms with Gasteiger partial charge in [0.1, 0.15) is 5.02 Å². The number of anilines is 2. The summed E-state index contributed by atoms with van der Waals surface area (Å²) in [5.74, 6) is 1.53. The van der Waals surface area contributed by atoms with E-state index in [1.807, 2.05) is 6.92 Å². The van der Waals surface area contributed by atoms with Crippen molar-refractivity contribution in [3.8, 4) is 0 Å². The Bertz CT molecular complexity index is 474. The highest BCUT2D eigenvalue weighted by Gasteiger charge is 2.26. The van der Waals surface area contributed by atoms with Gasteiger partial charge in [0.2, 0.25) is 11.9 Å². The zero-order chi connectivity index (χ0) is 14.5. The lowest BCUT2D eigenvalue weighted by Crippen LogP contribution is -2.40. The molecular formula is C13H20ClN5O. The van der Waals surface area contributed by atoms with E-state index in [-0.39, 0.29) is 11.8 Å². The third-order valence-electron chi connectivity index (χ3n) is 3.47. The topological polar surface area (TPSA) is 70.2 Å². The van der Waals surface area contributed by atoms with Crippen LogP contribution in [0.5, 0.6) is 0 Å². The molecule has 0 atom stereocenters. The molecule has 1 aromatic heterocycles. The Morgan fingerprint density at radius 3 is 2.80 bits per heavy atom. The van der Waals surface area contributed by atoms with Gasteiger partial charge in [-0.3, -0.25) is 4.79 Å². The molecule has 1 amide bonds. The molecule has 1 aliphatic rings. The number of halogens is 1. The lowest BCUT2D eigenvalue weighted by molar-refractivity contribution is -0.125. The Morgan fingerprint density at radius 1 is 1.50 bits per heavy atom. The van der Waals surface area contributed by atoms with Gasteiger partial charge in [-0.1, -0.05) is 11.6 Å². The molecule has 0 unspecified atom stereocenters. The lowest BCUT2D eigenvalue weighted by atomic mass is 9.96. The maximum Gasteiger partial charge on any atom is 0.224 e. The predicted molar refractivity (Wildman–Crippen MR) is 80.2 cm³/mol. The first kappa shape index (κ1) is 14.8. The number of carbonyl (C=O) groups excluding carboxylic acids is 1. The van der Waals surface area contributed by atoms with Crippen LogP contribution in [-0.4, -0.2) is 42.6 Å². The van der Waals surface area contributed by atoms with Crippen molar-refractivity contribution >= 4 is 29.3 Å². The van der Waals surface area contributed by atoms with Gasteiger partial charge in [0.25, 0.3) is 0 Å². The van der Waals surface area contributed by atoms with E-state index in [4.69, 9.17) is 11.6 Å². The second-order valence-electron chi connectivity index (χ2n) is 4.77. The van der Waals surface area contributed by atoms with Crippen molar-refractivity contribution in [1.82, 2.24) is 15.3 Å². The Labute approximate surface area is 123 Å². The van der Waals surface area contributed by atoms with E-state index in [0.29, 0.717) is 11.0 Å². The number of nitrogens with one attached hydrogen (secondary N) is 2. The summed E-state index contributed by atoms with van der Waals surface area (Å²) in [4.78, 5) is 22.3. The molecule has 0 bridgehead atoms. The highest BCUT2D eigenvalue weighted by Crippen LogP contribution is 2.28. The van der Waals surface area contributed by atoms with E-state index in [0.717, 1.165) is 38.3 Å². The van der Waals surface area contributed by atoms with Crippen LogP contribution in [0.1, 0.15) is 19.8 Å². The van der Waals surface area contributed by atoms with Crippen LogP contribution in [0, 0.1) is 5.92 Å². The van der Waals surface area contributed by atoms with E-state index in [2.05, 4.69) is 25.5 Å². The van der Waals surface area contributed by atoms with Crippen LogP contribution in [0.15, 0.2) is 6.20 Å². The van der Waals surface area contributed by atoms with Crippen LogP contribution in [-0.2, 0) is 4.79 Å². The summed E-state index contributed by atoms with van der Waals surface area (Å²) in [5.41, 5.74) is 0. The summed E-state index contributed by atoms with van der Waals surface area (Å²) in [6.45, 7) is 4.31. The molecule has 1 fully saturated rings. The zero-order valence-corrected chi connectivity index (χ0v) is 12.6. The minimum absolute atomic E-state index is 0.0881. The van der Waals surface area contributed by atoms with Gasteiger partial charge < -0.3 is 15.5 Å². The molecular weight excluding hydrogens is 278 g/mol. The van der Waals surface area contributed by atoms with Gasteiger partial charge >= 0.3 is 0 Å². The fraction of sp³-hybridized carbons (Fsp3) is 0.615. The fourth-order valence-corrected chi connectivity index (χ4v) is 2.59. The van der Waals surface area contributed by atoms with Gasteiger partial charge in [-0.25, -0.2) is 4.98 Å². The summed E-state index contributed by atoms with van der Waals surface area (Å²) >= 11 is 6.18. The summed E-state index contributed by atoms with van der Waals surface area (Å²) in [6.07, 6.45) is 3.25. The fourth-order valence-electron chi connectivity index (χ4n) is 2.38. The SMILES string of the molecule is CCNc1ncc(Cl)c(N2CCC(C(=O)NC)CC2)n1. The minimum Gasteiger partial charge on any atom is -0.359 e. The van der Waals surface area contributed by atoms with Crippen LogP contribution < -0.4 is 15.5 Å². The van der Waals surface area contributed by atoms with Crippen molar-refractivity contribution in [3.05, 3.63) is 11.2 Å². The first-order chi connectivity index (χ1) is 9.65. The van der Waals surface area contributed by atoms with E-state index in [9.17, 15) is 4.79 Å². The van der Waals surface area contributed by atoms with E-state index >= 15 is 0 Å². The number of carbonyl (C=O) groups is 1. The maximum atomic E-state index is 11.6. The third-order valence-corrected chi connectivity index (χ3v) is 3.74. The Hall–Kier alpha value is -1.56. The maximum absolute atomic E-state index is 11.6. The molecule has 2 heterocycles. The van der Waals surface area contributed by atoms with Gasteiger partial charge in [-0.2, -0.15) is 4.98 Å². The molecule has 0 saturated carbocycles. The van der Waals surface area contributed by atoms with Crippen molar-refractivity contribution in [1.29, 1.82) is 0 Å². The number of amides is 1. The zero-order valence-electron chi connectivity index (χ0n) is 11.8. The van der Waals surface area contributed by atoms with E-state index < -0.39 is 0 Å². The predicted octanol–water partition coefficient (Wildman–Crippen LogP) is 1.52. The van der Waals surface area contributed by atoms with Gasteiger partial charge in [0.15, 0.2) is 5.82 Å². The molecule has 2 N–H and O–H groups in total. The minimum atomic E-state index is 0.0881. The van der Waals surface area contributed by atoms with Crippen LogP contribution in [0.3, 0.4) is 0 Å². The molecule has 0 radical (unpaired) electrons. The van der Waals surface area contributed by atoms with Crippen LogP contribution >= 0.6 is 11.6 Å². The number of nitrogens with zero attached hydrogens (tertiary/aromatic N) is 3. The van der Waals surface area contributed by atoms with Crippen LogP contribution in [0.2, 0.25) is 5.02 Å². The van der Waals surface area contributed by atoms with Gasteiger partial charge in [0.05, 0.1) is 6.20 Å². The first-order valence-corrected chi connectivity index (χ1v) is 7.26. The number of rotatable bonds is 4. The van der Waals surface area contributed by atoms with Crippen molar-refractivity contribution in [2.45, 2.75) is 19.8 Å². The Morgan fingerprint density at radius 2 is 2.20 bits per heavy atom. The Kier molecular flexibility index (Phi) is 5.00. The number of piperidine rings is 1. The summed E-state index contributed by atoms with van der Waals surface area (Å²) in [7, 11) is 1.68. The molecule has 7 heteroatoms. The summed E-state index contributed by atoms with van der Waals surface area (Å²) in [6, 6.07) is 0. The summed E-state index contributed by atoms with van der Waals surface area (Å²) < 4.78 is 0. The molecule has 1 aromatic rings. The smallest absolute Gasteiger partial charge is 0.224 e. The number of hydrogen-bond donors (Lipinski definition) is 2. The third kappa shape index (κ3) is 3.30. The quantitative estimate of drug-likeness (QED) is 0.882. The second kappa shape index (κ2) is 6.74. The molecule has 6 nitrogen and oxygen atoms in total. The van der Waals surface area contributed by atoms with Gasteiger partial charge in [-0.15, -0.1) is 0 Å². The molecule has 0 aliphatic carbocycles. The molecule has 1 saturated heterocycles. The monoisotopic (exact) mass is 297 g/mol. The van der Waals surface area contributed by atoms with Crippen LogP contribution in [0.4, 0.5) is 11.8 Å². The van der Waals surface area contributed by atoms with Gasteiger partial charge in [0, 0.05) is 32.6 Å². The van der Waals surface area contributed by atoms with Gasteiger partial charge in [-0.05, 0) is 19.8 Å². The van der Waals surface area contributed by atoms with E-state index in [1.165, 1.54) is 0 Å². The molecule has 1 aliphatic heterocycles. The van der Waals surface area contributed by atoms with Crippen molar-refractivity contribution in [3.63, 3.8) is 0 Å². The van der Waals surface area contributed by atoms with Crippen molar-refractivity contribution < 1.29 is 4.79 Å². The summed E-state index contributed by atoms with van der Waals surface area (Å²) in [5, 5.41) is 6.33. The number of aromatic nitrogens is 2. The highest BCUT2D eigenvalue weighted by atomic mass is 35.5. The highest BCUT2D eigenvalue weighted by molar-refractivity contribution is 6.32. The first-order valence-electron chi connectivity index (χ1n) is 6.88. The number of hydrogen-bond acceptors (Lipinski definition) is 5. The molecule has 20 heavy (non-hydrogen) atoms. The lowest BCUT2D eigenvalue weighted by Gasteiger charge is -2.32. The molecule has 0 aromatic carbocycles. The average Bonchev–Trinajstić information content (AvgIpc) is 2.49. The van der Waals surface area contributed by atoms with Crippen molar-refractivity contribution in [2.75, 3.05) is 36.9 Å².